The van der Waals surface area contributed by atoms with E-state index in [0.29, 0.717) is 16.6 Å². The molecule has 1 amide bonds. The van der Waals surface area contributed by atoms with Crippen LogP contribution in [0.5, 0.6) is 0 Å². The van der Waals surface area contributed by atoms with Gasteiger partial charge < -0.3 is 10.1 Å². The van der Waals surface area contributed by atoms with Crippen LogP contribution >= 0.6 is 39.3 Å². The fourth-order valence-corrected chi connectivity index (χ4v) is 3.47. The first kappa shape index (κ1) is 20.8. The molecule has 4 nitrogen and oxygen atoms in total. The first-order chi connectivity index (χ1) is 12.3. The summed E-state index contributed by atoms with van der Waals surface area (Å²) in [5.74, 6) is -0.265. The Morgan fingerprint density at radius 3 is 2.50 bits per heavy atom. The fraction of sp³-hybridized carbons (Fsp3) is 0.263. The molecule has 0 aromatic heterocycles. The van der Waals surface area contributed by atoms with E-state index in [1.807, 2.05) is 24.3 Å². The highest BCUT2D eigenvalue weighted by Gasteiger charge is 2.10. The van der Waals surface area contributed by atoms with Gasteiger partial charge >= 0.3 is 5.97 Å². The lowest BCUT2D eigenvalue weighted by Gasteiger charge is -2.09. The van der Waals surface area contributed by atoms with Crippen molar-refractivity contribution in [2.45, 2.75) is 24.7 Å². The van der Waals surface area contributed by atoms with E-state index in [4.69, 9.17) is 16.3 Å². The Bertz CT molecular complexity index is 781. The van der Waals surface area contributed by atoms with Crippen LogP contribution in [0.15, 0.2) is 51.8 Å². The monoisotopic (exact) mass is 455 g/mol. The predicted octanol–water partition coefficient (Wildman–Crippen LogP) is 5.50. The maximum absolute atomic E-state index is 11.9. The zero-order valence-corrected chi connectivity index (χ0v) is 17.6. The van der Waals surface area contributed by atoms with Crippen LogP contribution in [-0.2, 0) is 14.3 Å². The molecule has 0 aliphatic heterocycles. The van der Waals surface area contributed by atoms with E-state index in [2.05, 4.69) is 35.1 Å². The Morgan fingerprint density at radius 2 is 1.88 bits per heavy atom. The van der Waals surface area contributed by atoms with E-state index in [0.717, 1.165) is 9.37 Å². The van der Waals surface area contributed by atoms with Crippen molar-refractivity contribution in [3.8, 4) is 0 Å². The molecule has 0 aliphatic carbocycles. The molecule has 0 saturated heterocycles. The third kappa shape index (κ3) is 6.67. The van der Waals surface area contributed by atoms with Crippen molar-refractivity contribution in [2.75, 3.05) is 17.7 Å². The van der Waals surface area contributed by atoms with E-state index in [9.17, 15) is 9.59 Å². The largest absolute Gasteiger partial charge is 0.455 e. The Hall–Kier alpha value is -1.50. The number of rotatable bonds is 7. The Morgan fingerprint density at radius 1 is 1.19 bits per heavy atom. The molecule has 2 aromatic carbocycles. The van der Waals surface area contributed by atoms with Crippen molar-refractivity contribution in [3.63, 3.8) is 0 Å². The minimum atomic E-state index is -0.444. The maximum atomic E-state index is 11.9. The Kier molecular flexibility index (Phi) is 8.00. The molecule has 0 unspecified atom stereocenters. The summed E-state index contributed by atoms with van der Waals surface area (Å²) in [4.78, 5) is 24.7. The van der Waals surface area contributed by atoms with Crippen molar-refractivity contribution in [3.05, 3.63) is 57.5 Å². The first-order valence-electron chi connectivity index (χ1n) is 7.98. The quantitative estimate of drug-likeness (QED) is 0.441. The summed E-state index contributed by atoms with van der Waals surface area (Å²) in [6.45, 7) is 3.91. The predicted molar refractivity (Wildman–Crippen MR) is 110 cm³/mol. The van der Waals surface area contributed by atoms with Gasteiger partial charge in [0.1, 0.15) is 0 Å². The maximum Gasteiger partial charge on any atom is 0.316 e. The van der Waals surface area contributed by atoms with E-state index in [1.165, 1.54) is 17.3 Å². The normalized spacial score (nSPS) is 10.7. The van der Waals surface area contributed by atoms with Gasteiger partial charge in [0.05, 0.1) is 16.5 Å². The molecule has 0 fully saturated rings. The fourth-order valence-electron chi connectivity index (χ4n) is 2.06. The number of carbonyl (C=O) groups excluding carboxylic acids is 2. The Balaban J connectivity index is 1.74. The molecule has 1 N–H and O–H groups in total. The molecule has 0 heterocycles. The topological polar surface area (TPSA) is 55.4 Å². The van der Waals surface area contributed by atoms with Crippen LogP contribution in [0.1, 0.15) is 25.3 Å². The number of esters is 1. The van der Waals surface area contributed by atoms with Crippen molar-refractivity contribution in [2.24, 2.45) is 0 Å². The zero-order chi connectivity index (χ0) is 19.1. The van der Waals surface area contributed by atoms with Crippen molar-refractivity contribution in [1.82, 2.24) is 0 Å². The van der Waals surface area contributed by atoms with Crippen LogP contribution in [0.3, 0.4) is 0 Å². The van der Waals surface area contributed by atoms with Gasteiger partial charge in [-0.1, -0.05) is 53.5 Å². The van der Waals surface area contributed by atoms with Crippen LogP contribution < -0.4 is 5.32 Å². The van der Waals surface area contributed by atoms with Gasteiger partial charge in [0.2, 0.25) is 0 Å². The molecule has 0 aliphatic rings. The molecule has 26 heavy (non-hydrogen) atoms. The lowest BCUT2D eigenvalue weighted by Crippen LogP contribution is -2.21. The number of hydrogen-bond donors (Lipinski definition) is 1. The van der Waals surface area contributed by atoms with E-state index in [1.54, 1.807) is 18.2 Å². The summed E-state index contributed by atoms with van der Waals surface area (Å²) in [5, 5.41) is 3.01. The van der Waals surface area contributed by atoms with Crippen molar-refractivity contribution in [1.29, 1.82) is 0 Å². The highest BCUT2D eigenvalue weighted by molar-refractivity contribution is 9.10. The number of carbonyl (C=O) groups is 2. The van der Waals surface area contributed by atoms with Gasteiger partial charge in [0, 0.05) is 9.37 Å². The SMILES string of the molecule is CC(C)c1ccc(SCC(=O)OCC(=O)Nc2ccc(Br)cc2Cl)cc1. The second kappa shape index (κ2) is 10.00. The second-order valence-corrected chi connectivity index (χ2v) is 8.22. The first-order valence-corrected chi connectivity index (χ1v) is 10.1. The van der Waals surface area contributed by atoms with E-state index < -0.39 is 11.9 Å². The average molecular weight is 457 g/mol. The highest BCUT2D eigenvalue weighted by Crippen LogP contribution is 2.25. The molecule has 2 aromatic rings. The smallest absolute Gasteiger partial charge is 0.316 e. The number of nitrogens with one attached hydrogen (secondary N) is 1. The van der Waals surface area contributed by atoms with Crippen molar-refractivity contribution >= 4 is 56.9 Å². The molecular formula is C19H19BrClNO3S. The van der Waals surface area contributed by atoms with Gasteiger partial charge in [0.25, 0.3) is 5.91 Å². The van der Waals surface area contributed by atoms with E-state index in [-0.39, 0.29) is 12.4 Å². The van der Waals surface area contributed by atoms with Gasteiger partial charge in [-0.25, -0.2) is 0 Å². The lowest BCUT2D eigenvalue weighted by atomic mass is 10.0. The number of anilines is 1. The number of thioether (sulfide) groups is 1. The van der Waals surface area contributed by atoms with Crippen LogP contribution in [0, 0.1) is 0 Å². The second-order valence-electron chi connectivity index (χ2n) is 5.85. The van der Waals surface area contributed by atoms with E-state index >= 15 is 0 Å². The number of hydrogen-bond acceptors (Lipinski definition) is 4. The van der Waals surface area contributed by atoms with Gasteiger partial charge in [-0.05, 0) is 41.8 Å². The molecule has 0 spiro atoms. The molecule has 7 heteroatoms. The summed E-state index contributed by atoms with van der Waals surface area (Å²) in [6, 6.07) is 13.2. The summed E-state index contributed by atoms with van der Waals surface area (Å²) < 4.78 is 5.81. The average Bonchev–Trinajstić information content (AvgIpc) is 2.61. The molecule has 0 bridgehead atoms. The van der Waals surface area contributed by atoms with Crippen molar-refractivity contribution < 1.29 is 14.3 Å². The van der Waals surface area contributed by atoms with Crippen LogP contribution in [0.2, 0.25) is 5.02 Å². The number of amides is 1. The zero-order valence-electron chi connectivity index (χ0n) is 14.4. The molecule has 2 rings (SSSR count). The minimum Gasteiger partial charge on any atom is -0.455 e. The minimum absolute atomic E-state index is 0.146. The van der Waals surface area contributed by atoms with Gasteiger partial charge in [-0.2, -0.15) is 0 Å². The molecule has 0 saturated carbocycles. The molecule has 0 radical (unpaired) electrons. The third-order valence-electron chi connectivity index (χ3n) is 3.47. The van der Waals surface area contributed by atoms with Gasteiger partial charge in [-0.15, -0.1) is 11.8 Å². The molecule has 0 atom stereocenters. The van der Waals surface area contributed by atoms with Gasteiger partial charge in [-0.3, -0.25) is 9.59 Å². The number of benzene rings is 2. The van der Waals surface area contributed by atoms with Crippen LogP contribution in [-0.4, -0.2) is 24.2 Å². The summed E-state index contributed by atoms with van der Waals surface area (Å²) in [5.41, 5.74) is 1.72. The number of halogens is 2. The highest BCUT2D eigenvalue weighted by atomic mass is 79.9. The summed E-state index contributed by atoms with van der Waals surface area (Å²) in [7, 11) is 0. The third-order valence-corrected chi connectivity index (χ3v) is 5.26. The van der Waals surface area contributed by atoms with Gasteiger partial charge in [0.15, 0.2) is 6.61 Å². The van der Waals surface area contributed by atoms with Crippen LogP contribution in [0.4, 0.5) is 5.69 Å². The summed E-state index contributed by atoms with van der Waals surface area (Å²) in [6.07, 6.45) is 0. The molecule has 138 valence electrons. The van der Waals surface area contributed by atoms with Crippen LogP contribution in [0.25, 0.3) is 0 Å². The Labute approximate surface area is 170 Å². The summed E-state index contributed by atoms with van der Waals surface area (Å²) >= 11 is 10.7. The lowest BCUT2D eigenvalue weighted by molar-refractivity contribution is -0.144. The molecular weight excluding hydrogens is 438 g/mol. The standard InChI is InChI=1S/C19H19BrClNO3S/c1-12(2)13-3-6-15(7-4-13)26-11-19(24)25-10-18(23)22-17-8-5-14(20)9-16(17)21/h3-9,12H,10-11H2,1-2H3,(H,22,23). The number of ether oxygens (including phenoxy) is 1.